The minimum absolute atomic E-state index is 0.0470. The van der Waals surface area contributed by atoms with Crippen LogP contribution in [0.25, 0.3) is 5.57 Å². The molecule has 0 aliphatic carbocycles. The number of amides is 3. The van der Waals surface area contributed by atoms with E-state index in [1.54, 1.807) is 24.3 Å². The van der Waals surface area contributed by atoms with Gasteiger partial charge in [-0.1, -0.05) is 78.6 Å². The number of thioether (sulfide) groups is 1. The van der Waals surface area contributed by atoms with Crippen molar-refractivity contribution >= 4 is 63.0 Å². The second-order valence-electron chi connectivity index (χ2n) is 8.80. The van der Waals surface area contributed by atoms with E-state index in [4.69, 9.17) is 12.2 Å². The van der Waals surface area contributed by atoms with Crippen LogP contribution in [-0.4, -0.2) is 40.0 Å². The topological polar surface area (TPSA) is 69.7 Å². The Morgan fingerprint density at radius 1 is 0.897 bits per heavy atom. The summed E-state index contributed by atoms with van der Waals surface area (Å²) >= 11 is 6.50. The number of anilines is 2. The molecule has 3 amide bonds. The molecule has 0 unspecified atom stereocenters. The number of carbonyl (C=O) groups is 3. The van der Waals surface area contributed by atoms with Crippen LogP contribution in [0.2, 0.25) is 0 Å². The maximum Gasteiger partial charge on any atom is 0.416 e. The molecular weight excluding hydrogens is 547 g/mol. The first-order valence-electron chi connectivity index (χ1n) is 11.8. The van der Waals surface area contributed by atoms with Crippen LogP contribution in [-0.2, 0) is 27.0 Å². The number of fused-ring (bicyclic) bond motifs is 1. The van der Waals surface area contributed by atoms with Gasteiger partial charge in [0.25, 0.3) is 11.8 Å². The molecule has 1 N–H and O–H groups in total. The summed E-state index contributed by atoms with van der Waals surface area (Å²) in [6.07, 6.45) is -3.98. The second-order valence-corrected chi connectivity index (χ2v) is 10.4. The maximum atomic E-state index is 13.6. The van der Waals surface area contributed by atoms with Gasteiger partial charge in [0.05, 0.1) is 21.7 Å². The third-order valence-electron chi connectivity index (χ3n) is 6.24. The molecule has 5 rings (SSSR count). The first-order valence-corrected chi connectivity index (χ1v) is 13.1. The number of hydrogen-bond acceptors (Lipinski definition) is 5. The summed E-state index contributed by atoms with van der Waals surface area (Å²) in [5, 5.41) is 2.42. The molecule has 0 bridgehead atoms. The average molecular weight is 568 g/mol. The summed E-state index contributed by atoms with van der Waals surface area (Å²) in [7, 11) is 0. The zero-order valence-corrected chi connectivity index (χ0v) is 21.8. The van der Waals surface area contributed by atoms with Crippen LogP contribution in [0, 0.1) is 0 Å². The lowest BCUT2D eigenvalue weighted by molar-refractivity contribution is -0.137. The van der Waals surface area contributed by atoms with Crippen LogP contribution < -0.4 is 10.2 Å². The normalized spacial score (nSPS) is 17.2. The van der Waals surface area contributed by atoms with E-state index < -0.39 is 30.1 Å². The maximum absolute atomic E-state index is 13.6. The molecule has 6 nitrogen and oxygen atoms in total. The van der Waals surface area contributed by atoms with Crippen LogP contribution in [0.1, 0.15) is 16.7 Å². The van der Waals surface area contributed by atoms with Gasteiger partial charge in [-0.2, -0.15) is 13.2 Å². The van der Waals surface area contributed by atoms with Crippen molar-refractivity contribution in [2.24, 2.45) is 0 Å². The van der Waals surface area contributed by atoms with Crippen molar-refractivity contribution < 1.29 is 27.6 Å². The van der Waals surface area contributed by atoms with Gasteiger partial charge in [0.2, 0.25) is 5.91 Å². The molecule has 2 aliphatic heterocycles. The average Bonchev–Trinajstić information content (AvgIpc) is 3.34. The van der Waals surface area contributed by atoms with E-state index >= 15 is 0 Å². The predicted octanol–water partition coefficient (Wildman–Crippen LogP) is 5.50. The fourth-order valence-corrected chi connectivity index (χ4v) is 5.78. The number of halogens is 3. The molecule has 11 heteroatoms. The van der Waals surface area contributed by atoms with Gasteiger partial charge in [0, 0.05) is 17.8 Å². The van der Waals surface area contributed by atoms with Crippen molar-refractivity contribution in [3.8, 4) is 0 Å². The van der Waals surface area contributed by atoms with Gasteiger partial charge in [-0.3, -0.25) is 24.2 Å². The summed E-state index contributed by atoms with van der Waals surface area (Å²) in [4.78, 5) is 42.6. The molecule has 0 radical (unpaired) electrons. The van der Waals surface area contributed by atoms with E-state index in [1.165, 1.54) is 21.9 Å². The highest BCUT2D eigenvalue weighted by molar-refractivity contribution is 8.26. The number of thiocarbonyl (C=S) groups is 1. The van der Waals surface area contributed by atoms with E-state index in [-0.39, 0.29) is 22.1 Å². The van der Waals surface area contributed by atoms with E-state index in [1.807, 2.05) is 30.3 Å². The van der Waals surface area contributed by atoms with Crippen LogP contribution in [0.5, 0.6) is 0 Å². The van der Waals surface area contributed by atoms with Crippen molar-refractivity contribution in [1.82, 2.24) is 4.90 Å². The van der Waals surface area contributed by atoms with Gasteiger partial charge in [-0.05, 0) is 36.2 Å². The van der Waals surface area contributed by atoms with Crippen LogP contribution in [0.15, 0.2) is 83.8 Å². The second kappa shape index (κ2) is 10.7. The van der Waals surface area contributed by atoms with E-state index in [9.17, 15) is 27.6 Å². The number of para-hydroxylation sites is 1. The molecule has 1 saturated heterocycles. The van der Waals surface area contributed by atoms with Gasteiger partial charge >= 0.3 is 6.18 Å². The summed E-state index contributed by atoms with van der Waals surface area (Å²) < 4.78 is 39.5. The Morgan fingerprint density at radius 3 is 2.36 bits per heavy atom. The molecule has 2 aliphatic rings. The Bertz CT molecular complexity index is 1520. The van der Waals surface area contributed by atoms with Crippen LogP contribution in [0.4, 0.5) is 24.5 Å². The van der Waals surface area contributed by atoms with Gasteiger partial charge in [-0.15, -0.1) is 0 Å². The molecule has 3 aromatic rings. The quantitative estimate of drug-likeness (QED) is 0.315. The SMILES string of the molecule is O=C(CN1C(=O)/C(=C2\SC(=S)N(CCc3ccccc3)C2=O)c2ccccc21)Nc1cccc(C(F)(F)F)c1. The molecule has 0 atom stereocenters. The summed E-state index contributed by atoms with van der Waals surface area (Å²) in [6, 6.07) is 20.6. The molecule has 39 heavy (non-hydrogen) atoms. The summed E-state index contributed by atoms with van der Waals surface area (Å²) in [5.74, 6) is -1.62. The lowest BCUT2D eigenvalue weighted by Crippen LogP contribution is -2.35. The molecule has 0 spiro atoms. The van der Waals surface area contributed by atoms with E-state index in [2.05, 4.69) is 5.32 Å². The predicted molar refractivity (Wildman–Crippen MR) is 148 cm³/mol. The van der Waals surface area contributed by atoms with E-state index in [0.29, 0.717) is 28.5 Å². The standard InChI is InChI=1S/C28H20F3N3O3S2/c29-28(30,31)18-9-6-10-19(15-18)32-22(35)16-34-21-12-5-4-11-20(21)23(25(34)36)24-26(37)33(27(38)39-24)14-13-17-7-2-1-3-8-17/h1-12,15H,13-14,16H2,(H,32,35)/b24-23-. The molecular formula is C28H20F3N3O3S2. The molecule has 0 saturated carbocycles. The number of benzene rings is 3. The van der Waals surface area contributed by atoms with Crippen LogP contribution in [0.3, 0.4) is 0 Å². The highest BCUT2D eigenvalue weighted by Crippen LogP contribution is 2.44. The number of rotatable bonds is 6. The van der Waals surface area contributed by atoms with Crippen molar-refractivity contribution in [1.29, 1.82) is 0 Å². The molecule has 198 valence electrons. The van der Waals surface area contributed by atoms with Crippen LogP contribution >= 0.6 is 24.0 Å². The largest absolute Gasteiger partial charge is 0.416 e. The van der Waals surface area contributed by atoms with Gasteiger partial charge < -0.3 is 5.32 Å². The number of alkyl halides is 3. The third-order valence-corrected chi connectivity index (χ3v) is 7.69. The number of nitrogens with one attached hydrogen (secondary N) is 1. The summed E-state index contributed by atoms with van der Waals surface area (Å²) in [5.41, 5.74) is 1.15. The van der Waals surface area contributed by atoms with E-state index in [0.717, 1.165) is 29.5 Å². The fraction of sp³-hybridized carbons (Fsp3) is 0.143. The van der Waals surface area contributed by atoms with Crippen molar-refractivity contribution in [2.75, 3.05) is 23.3 Å². The zero-order chi connectivity index (χ0) is 27.7. The Balaban J connectivity index is 1.37. The lowest BCUT2D eigenvalue weighted by Gasteiger charge is -2.17. The highest BCUT2D eigenvalue weighted by atomic mass is 32.2. The molecule has 3 aromatic carbocycles. The Hall–Kier alpha value is -3.96. The molecule has 1 fully saturated rings. The first-order chi connectivity index (χ1) is 18.6. The highest BCUT2D eigenvalue weighted by Gasteiger charge is 2.42. The van der Waals surface area contributed by atoms with Crippen molar-refractivity contribution in [3.05, 3.63) is 100 Å². The number of hydrogen-bond donors (Lipinski definition) is 1. The Labute approximate surface area is 231 Å². The first kappa shape index (κ1) is 26.6. The Kier molecular flexibility index (Phi) is 7.28. The minimum atomic E-state index is -4.56. The Morgan fingerprint density at radius 2 is 1.62 bits per heavy atom. The van der Waals surface area contributed by atoms with Crippen molar-refractivity contribution in [3.63, 3.8) is 0 Å². The van der Waals surface area contributed by atoms with Crippen molar-refractivity contribution in [2.45, 2.75) is 12.6 Å². The minimum Gasteiger partial charge on any atom is -0.325 e. The number of nitrogens with zero attached hydrogens (tertiary/aromatic N) is 2. The number of carbonyl (C=O) groups excluding carboxylic acids is 3. The third kappa shape index (κ3) is 5.45. The zero-order valence-electron chi connectivity index (χ0n) is 20.2. The van der Waals surface area contributed by atoms with Gasteiger partial charge in [0.1, 0.15) is 10.9 Å². The lowest BCUT2D eigenvalue weighted by atomic mass is 10.1. The van der Waals surface area contributed by atoms with Gasteiger partial charge in [-0.25, -0.2) is 0 Å². The molecule has 0 aromatic heterocycles. The van der Waals surface area contributed by atoms with Gasteiger partial charge in [0.15, 0.2) is 0 Å². The summed E-state index contributed by atoms with van der Waals surface area (Å²) in [6.45, 7) is -0.103. The molecule has 2 heterocycles. The fourth-order valence-electron chi connectivity index (χ4n) is 4.40. The monoisotopic (exact) mass is 567 g/mol. The smallest absolute Gasteiger partial charge is 0.325 e.